The van der Waals surface area contributed by atoms with Crippen molar-refractivity contribution in [2.45, 2.75) is 19.3 Å². The number of nitrogens with zero attached hydrogens (tertiary/aromatic N) is 2. The highest BCUT2D eigenvalue weighted by molar-refractivity contribution is 6.12. The molecule has 0 radical (unpaired) electrons. The molecule has 38 heavy (non-hydrogen) atoms. The third kappa shape index (κ3) is 2.42. The maximum Gasteiger partial charge on any atom is 0.307 e. The van der Waals surface area contributed by atoms with Crippen LogP contribution in [-0.2, 0) is 5.41 Å². The van der Waals surface area contributed by atoms with Crippen LogP contribution in [0.5, 0.6) is 0 Å². The third-order valence-corrected chi connectivity index (χ3v) is 8.44. The Balaban J connectivity index is 1.35. The summed E-state index contributed by atoms with van der Waals surface area (Å²) in [4.78, 5) is 4.98. The summed E-state index contributed by atoms with van der Waals surface area (Å²) in [5.41, 5.74) is 10.6. The number of oxazole rings is 1. The van der Waals surface area contributed by atoms with Gasteiger partial charge >= 0.3 is 6.01 Å². The smallest absolute Gasteiger partial charge is 0.307 e. The molecule has 0 fully saturated rings. The molecule has 0 saturated heterocycles. The zero-order valence-corrected chi connectivity index (χ0v) is 20.9. The van der Waals surface area contributed by atoms with Gasteiger partial charge in [-0.1, -0.05) is 74.5 Å². The van der Waals surface area contributed by atoms with Crippen LogP contribution in [0.3, 0.4) is 0 Å². The minimum absolute atomic E-state index is 0.0890. The highest BCUT2D eigenvalue weighted by atomic mass is 16.4. The van der Waals surface area contributed by atoms with E-state index in [1.807, 2.05) is 24.3 Å². The van der Waals surface area contributed by atoms with E-state index in [1.54, 1.807) is 0 Å². The average Bonchev–Trinajstić information content (AvgIpc) is 3.65. The lowest BCUT2D eigenvalue weighted by Crippen LogP contribution is -2.14. The van der Waals surface area contributed by atoms with Crippen LogP contribution in [0.2, 0.25) is 0 Å². The zero-order chi connectivity index (χ0) is 25.2. The van der Waals surface area contributed by atoms with Gasteiger partial charge in [-0.25, -0.2) is 0 Å². The predicted molar refractivity (Wildman–Crippen MR) is 153 cm³/mol. The fraction of sp³-hybridized carbons (Fsp3) is 0.0882. The Morgan fingerprint density at radius 1 is 0.579 bits per heavy atom. The first-order chi connectivity index (χ1) is 18.6. The number of furan rings is 1. The van der Waals surface area contributed by atoms with Gasteiger partial charge in [0.2, 0.25) is 0 Å². The van der Waals surface area contributed by atoms with E-state index < -0.39 is 0 Å². The molecule has 0 unspecified atom stereocenters. The van der Waals surface area contributed by atoms with Gasteiger partial charge in [0.1, 0.15) is 16.7 Å². The molecule has 0 aliphatic heterocycles. The van der Waals surface area contributed by atoms with E-state index in [9.17, 15) is 0 Å². The molecule has 180 valence electrons. The summed E-state index contributed by atoms with van der Waals surface area (Å²) >= 11 is 0. The van der Waals surface area contributed by atoms with Gasteiger partial charge in [0, 0.05) is 33.0 Å². The number of aromatic nitrogens is 2. The maximum atomic E-state index is 6.50. The van der Waals surface area contributed by atoms with Gasteiger partial charge in [-0.15, -0.1) is 0 Å². The molecule has 4 nitrogen and oxygen atoms in total. The summed E-state index contributed by atoms with van der Waals surface area (Å²) in [6, 6.07) is 34.7. The van der Waals surface area contributed by atoms with Crippen LogP contribution in [0.4, 0.5) is 0 Å². The Hall–Kier alpha value is -4.83. The first-order valence-corrected chi connectivity index (χ1v) is 13.0. The quantitative estimate of drug-likeness (QED) is 0.230. The molecule has 3 aromatic heterocycles. The van der Waals surface area contributed by atoms with E-state index in [0.29, 0.717) is 6.01 Å². The molecule has 3 heterocycles. The second-order valence-electron chi connectivity index (χ2n) is 10.8. The summed E-state index contributed by atoms with van der Waals surface area (Å²) in [7, 11) is 0. The van der Waals surface area contributed by atoms with Crippen LogP contribution in [0.15, 0.2) is 106 Å². The van der Waals surface area contributed by atoms with Crippen molar-refractivity contribution in [3.05, 3.63) is 108 Å². The predicted octanol–water partition coefficient (Wildman–Crippen LogP) is 9.13. The van der Waals surface area contributed by atoms with Crippen LogP contribution >= 0.6 is 0 Å². The van der Waals surface area contributed by atoms with Gasteiger partial charge in [0.05, 0.1) is 11.0 Å². The molecule has 4 heteroatoms. The molecule has 9 rings (SSSR count). The first kappa shape index (κ1) is 20.3. The largest absolute Gasteiger partial charge is 0.456 e. The Morgan fingerprint density at radius 2 is 1.37 bits per heavy atom. The molecule has 5 aromatic carbocycles. The Kier molecular flexibility index (Phi) is 3.58. The molecule has 8 aromatic rings. The van der Waals surface area contributed by atoms with Gasteiger partial charge in [-0.05, 0) is 52.6 Å². The van der Waals surface area contributed by atoms with Crippen LogP contribution in [0.1, 0.15) is 25.0 Å². The molecule has 0 amide bonds. The summed E-state index contributed by atoms with van der Waals surface area (Å²) in [6.45, 7) is 4.63. The maximum absolute atomic E-state index is 6.50. The van der Waals surface area contributed by atoms with Crippen molar-refractivity contribution in [3.63, 3.8) is 0 Å². The monoisotopic (exact) mass is 490 g/mol. The van der Waals surface area contributed by atoms with Crippen molar-refractivity contribution in [2.75, 3.05) is 0 Å². The molecule has 0 atom stereocenters. The lowest BCUT2D eigenvalue weighted by atomic mass is 9.82. The minimum Gasteiger partial charge on any atom is -0.456 e. The van der Waals surface area contributed by atoms with Gasteiger partial charge in [-0.3, -0.25) is 4.57 Å². The number of rotatable bonds is 1. The third-order valence-electron chi connectivity index (χ3n) is 8.44. The fourth-order valence-electron chi connectivity index (χ4n) is 6.60. The number of benzene rings is 5. The summed E-state index contributed by atoms with van der Waals surface area (Å²) in [5.74, 6) is 0. The molecule has 0 N–H and O–H groups in total. The molecule has 0 spiro atoms. The molecular weight excluding hydrogens is 468 g/mol. The van der Waals surface area contributed by atoms with E-state index in [-0.39, 0.29) is 5.41 Å². The minimum atomic E-state index is -0.0890. The van der Waals surface area contributed by atoms with Crippen molar-refractivity contribution in [1.82, 2.24) is 9.55 Å². The van der Waals surface area contributed by atoms with Crippen LogP contribution in [0.25, 0.3) is 72.0 Å². The highest BCUT2D eigenvalue weighted by Gasteiger charge is 2.36. The number of para-hydroxylation sites is 2. The standard InChI is InChI=1S/C34H22N2O2/c1-34(2)25-12-6-3-9-19(25)22-15-23-20-10-4-7-13-28(20)36(29(23)17-26(22)34)33-35-27-18-31-24(16-32(27)38-33)21-11-5-8-14-30(21)37-31/h3-18H,1-2H3. The molecular formula is C34H22N2O2. The summed E-state index contributed by atoms with van der Waals surface area (Å²) < 4.78 is 14.8. The van der Waals surface area contributed by atoms with Crippen LogP contribution < -0.4 is 0 Å². The van der Waals surface area contributed by atoms with E-state index in [4.69, 9.17) is 13.8 Å². The number of hydrogen-bond acceptors (Lipinski definition) is 3. The first-order valence-electron chi connectivity index (χ1n) is 13.0. The van der Waals surface area contributed by atoms with Crippen LogP contribution in [-0.4, -0.2) is 9.55 Å². The molecule has 1 aliphatic rings. The Bertz CT molecular complexity index is 2280. The lowest BCUT2D eigenvalue weighted by molar-refractivity contribution is 0.574. The SMILES string of the molecule is CC1(C)c2ccccc2-c2cc3c4ccccc4n(-c4nc5cc6oc7ccccc7c6cc5o4)c3cc21. The van der Waals surface area contributed by atoms with Crippen molar-refractivity contribution in [2.24, 2.45) is 0 Å². The van der Waals surface area contributed by atoms with Crippen molar-refractivity contribution in [1.29, 1.82) is 0 Å². The average molecular weight is 491 g/mol. The molecule has 0 saturated carbocycles. The topological polar surface area (TPSA) is 44.1 Å². The van der Waals surface area contributed by atoms with Gasteiger partial charge in [0.25, 0.3) is 0 Å². The lowest BCUT2D eigenvalue weighted by Gasteiger charge is -2.21. The molecule has 0 bridgehead atoms. The molecule has 1 aliphatic carbocycles. The van der Waals surface area contributed by atoms with E-state index in [1.165, 1.54) is 33.0 Å². The van der Waals surface area contributed by atoms with E-state index in [2.05, 4.69) is 91.2 Å². The van der Waals surface area contributed by atoms with Gasteiger partial charge in [0.15, 0.2) is 5.58 Å². The zero-order valence-electron chi connectivity index (χ0n) is 20.9. The normalized spacial score (nSPS) is 14.3. The highest BCUT2D eigenvalue weighted by Crippen LogP contribution is 2.51. The Labute approximate surface area is 217 Å². The second kappa shape index (κ2) is 6.73. The van der Waals surface area contributed by atoms with E-state index >= 15 is 0 Å². The van der Waals surface area contributed by atoms with Gasteiger partial charge in [-0.2, -0.15) is 4.98 Å². The summed E-state index contributed by atoms with van der Waals surface area (Å²) in [6.07, 6.45) is 0. The number of fused-ring (bicyclic) bond motifs is 10. The Morgan fingerprint density at radius 3 is 2.29 bits per heavy atom. The van der Waals surface area contributed by atoms with Crippen molar-refractivity contribution >= 4 is 54.8 Å². The van der Waals surface area contributed by atoms with Gasteiger partial charge < -0.3 is 8.83 Å². The second-order valence-corrected chi connectivity index (χ2v) is 10.8. The number of hydrogen-bond donors (Lipinski definition) is 0. The van der Waals surface area contributed by atoms with Crippen molar-refractivity contribution in [3.8, 4) is 17.1 Å². The summed E-state index contributed by atoms with van der Waals surface area (Å²) in [5, 5.41) is 4.51. The van der Waals surface area contributed by atoms with Crippen LogP contribution in [0, 0.1) is 0 Å². The fourth-order valence-corrected chi connectivity index (χ4v) is 6.60. The van der Waals surface area contributed by atoms with Crippen molar-refractivity contribution < 1.29 is 8.83 Å². The van der Waals surface area contributed by atoms with E-state index in [0.717, 1.165) is 44.1 Å².